The zero-order valence-electron chi connectivity index (χ0n) is 6.81. The topological polar surface area (TPSA) is 75.4 Å². The van der Waals surface area contributed by atoms with Gasteiger partial charge < -0.3 is 5.73 Å². The number of nitrogens with two attached hydrogens (primary N) is 1. The Morgan fingerprint density at radius 3 is 2.69 bits per heavy atom. The highest BCUT2D eigenvalue weighted by Gasteiger charge is 2.02. The lowest BCUT2D eigenvalue weighted by Crippen LogP contribution is -2.35. The van der Waals surface area contributed by atoms with Crippen molar-refractivity contribution in [2.24, 2.45) is 0 Å². The van der Waals surface area contributed by atoms with Crippen molar-refractivity contribution in [2.75, 3.05) is 10.7 Å². The second-order valence-corrected chi connectivity index (χ2v) is 2.32. The van der Waals surface area contributed by atoms with Gasteiger partial charge in [0.15, 0.2) is 0 Å². The van der Waals surface area contributed by atoms with Crippen molar-refractivity contribution >= 4 is 24.2 Å². The highest BCUT2D eigenvalue weighted by atomic mass is 16.2. The first kappa shape index (κ1) is 9.05. The highest BCUT2D eigenvalue weighted by molar-refractivity contribution is 5.78. The number of nitrogen functional groups attached to an aromatic ring is 1. The first-order valence-corrected chi connectivity index (χ1v) is 3.58. The van der Waals surface area contributed by atoms with Gasteiger partial charge in [0, 0.05) is 5.69 Å². The molecule has 0 bridgehead atoms. The van der Waals surface area contributed by atoms with Crippen molar-refractivity contribution in [1.82, 2.24) is 5.43 Å². The molecule has 0 atom stereocenters. The van der Waals surface area contributed by atoms with Crippen LogP contribution in [0.2, 0.25) is 0 Å². The first-order valence-electron chi connectivity index (χ1n) is 3.58. The van der Waals surface area contributed by atoms with Crippen molar-refractivity contribution in [2.45, 2.75) is 0 Å². The van der Waals surface area contributed by atoms with Crippen LogP contribution < -0.4 is 16.2 Å². The summed E-state index contributed by atoms with van der Waals surface area (Å²) < 4.78 is 0. The van der Waals surface area contributed by atoms with Gasteiger partial charge in [0.25, 0.3) is 0 Å². The second kappa shape index (κ2) is 4.10. The zero-order chi connectivity index (χ0) is 9.68. The van der Waals surface area contributed by atoms with Crippen molar-refractivity contribution < 1.29 is 9.59 Å². The van der Waals surface area contributed by atoms with E-state index in [1.54, 1.807) is 24.3 Å². The number of nitrogens with zero attached hydrogens (tertiary/aromatic N) is 1. The van der Waals surface area contributed by atoms with Gasteiger partial charge in [-0.25, -0.2) is 5.01 Å². The lowest BCUT2D eigenvalue weighted by atomic mass is 10.3. The van der Waals surface area contributed by atoms with E-state index in [0.717, 1.165) is 5.01 Å². The van der Waals surface area contributed by atoms with Gasteiger partial charge in [0.2, 0.25) is 12.8 Å². The Labute approximate surface area is 75.1 Å². The van der Waals surface area contributed by atoms with Crippen molar-refractivity contribution in [1.29, 1.82) is 0 Å². The number of carbonyl (C=O) groups excluding carboxylic acids is 2. The van der Waals surface area contributed by atoms with Gasteiger partial charge in [0.1, 0.15) is 0 Å². The highest BCUT2D eigenvalue weighted by Crippen LogP contribution is 2.13. The van der Waals surface area contributed by atoms with Crippen molar-refractivity contribution in [3.63, 3.8) is 0 Å². The molecule has 0 heterocycles. The molecule has 0 aliphatic heterocycles. The summed E-state index contributed by atoms with van der Waals surface area (Å²) in [5, 5.41) is 1.03. The number of hydrazine groups is 1. The van der Waals surface area contributed by atoms with Crippen LogP contribution in [0, 0.1) is 0 Å². The molecule has 1 rings (SSSR count). The van der Waals surface area contributed by atoms with Gasteiger partial charge in [-0.2, -0.15) is 0 Å². The maximum absolute atomic E-state index is 10.5. The summed E-state index contributed by atoms with van der Waals surface area (Å²) in [7, 11) is 0. The van der Waals surface area contributed by atoms with Crippen LogP contribution in [0.4, 0.5) is 11.4 Å². The van der Waals surface area contributed by atoms with E-state index < -0.39 is 0 Å². The molecular formula is C8H9N3O2. The number of nitrogens with one attached hydrogen (secondary N) is 1. The van der Waals surface area contributed by atoms with Gasteiger partial charge in [-0.15, -0.1) is 0 Å². The van der Waals surface area contributed by atoms with Crippen LogP contribution in [0.15, 0.2) is 24.3 Å². The van der Waals surface area contributed by atoms with Crippen LogP contribution in [0.25, 0.3) is 0 Å². The SMILES string of the molecule is Nc1cccc(N(C=O)NC=O)c1. The summed E-state index contributed by atoms with van der Waals surface area (Å²) in [6.07, 6.45) is 0.904. The molecule has 0 unspecified atom stereocenters. The fourth-order valence-electron chi connectivity index (χ4n) is 0.897. The molecule has 0 fully saturated rings. The fraction of sp³-hybridized carbons (Fsp3) is 0. The Hall–Kier alpha value is -2.04. The number of rotatable bonds is 4. The third-order valence-corrected chi connectivity index (χ3v) is 1.45. The summed E-state index contributed by atoms with van der Waals surface area (Å²) in [4.78, 5) is 20.6. The van der Waals surface area contributed by atoms with Gasteiger partial charge in [-0.1, -0.05) is 6.07 Å². The Bertz CT molecular complexity index is 314. The molecule has 2 amide bonds. The van der Waals surface area contributed by atoms with Crippen LogP contribution in [0.5, 0.6) is 0 Å². The second-order valence-electron chi connectivity index (χ2n) is 2.32. The zero-order valence-corrected chi connectivity index (χ0v) is 6.81. The molecular weight excluding hydrogens is 170 g/mol. The largest absolute Gasteiger partial charge is 0.399 e. The summed E-state index contributed by atoms with van der Waals surface area (Å²) in [6.45, 7) is 0. The van der Waals surface area contributed by atoms with E-state index in [0.29, 0.717) is 24.2 Å². The normalized spacial score (nSPS) is 8.92. The number of hydrogen-bond donors (Lipinski definition) is 2. The molecule has 0 aromatic heterocycles. The maximum atomic E-state index is 10.5. The lowest BCUT2D eigenvalue weighted by molar-refractivity contribution is -0.113. The fourth-order valence-corrected chi connectivity index (χ4v) is 0.897. The Balaban J connectivity index is 2.90. The molecule has 0 aliphatic carbocycles. The minimum absolute atomic E-state index is 0.414. The molecule has 13 heavy (non-hydrogen) atoms. The molecule has 68 valence electrons. The van der Waals surface area contributed by atoms with Crippen LogP contribution in [-0.4, -0.2) is 12.8 Å². The Kier molecular flexibility index (Phi) is 2.86. The van der Waals surface area contributed by atoms with E-state index in [9.17, 15) is 9.59 Å². The molecule has 1 aromatic carbocycles. The van der Waals surface area contributed by atoms with E-state index in [2.05, 4.69) is 5.43 Å². The van der Waals surface area contributed by atoms with Crippen molar-refractivity contribution in [3.8, 4) is 0 Å². The van der Waals surface area contributed by atoms with E-state index in [1.165, 1.54) is 0 Å². The lowest BCUT2D eigenvalue weighted by Gasteiger charge is -2.14. The third-order valence-electron chi connectivity index (χ3n) is 1.45. The summed E-state index contributed by atoms with van der Waals surface area (Å²) >= 11 is 0. The van der Waals surface area contributed by atoms with Gasteiger partial charge >= 0.3 is 0 Å². The van der Waals surface area contributed by atoms with Crippen LogP contribution in [-0.2, 0) is 9.59 Å². The van der Waals surface area contributed by atoms with Crippen LogP contribution in [0.1, 0.15) is 0 Å². The van der Waals surface area contributed by atoms with Crippen LogP contribution >= 0.6 is 0 Å². The standard InChI is InChI=1S/C8H9N3O2/c9-7-2-1-3-8(4-7)11(6-13)10-5-12/h1-6H,9H2,(H,10,12). The average Bonchev–Trinajstić information content (AvgIpc) is 2.14. The number of amides is 2. The van der Waals surface area contributed by atoms with Gasteiger partial charge in [-0.3, -0.25) is 15.0 Å². The molecule has 0 saturated heterocycles. The molecule has 5 nitrogen and oxygen atoms in total. The van der Waals surface area contributed by atoms with E-state index in [4.69, 9.17) is 5.73 Å². The molecule has 0 radical (unpaired) electrons. The Morgan fingerprint density at radius 2 is 2.15 bits per heavy atom. The minimum atomic E-state index is 0.414. The van der Waals surface area contributed by atoms with Gasteiger partial charge in [-0.05, 0) is 18.2 Å². The molecule has 3 N–H and O–H groups in total. The van der Waals surface area contributed by atoms with E-state index >= 15 is 0 Å². The molecule has 1 aromatic rings. The van der Waals surface area contributed by atoms with Gasteiger partial charge in [0.05, 0.1) is 5.69 Å². The summed E-state index contributed by atoms with van der Waals surface area (Å²) in [6, 6.07) is 6.60. The summed E-state index contributed by atoms with van der Waals surface area (Å²) in [5.74, 6) is 0. The van der Waals surface area contributed by atoms with Crippen molar-refractivity contribution in [3.05, 3.63) is 24.3 Å². The quantitative estimate of drug-likeness (QED) is 0.385. The summed E-state index contributed by atoms with van der Waals surface area (Å²) in [5.41, 5.74) is 8.73. The molecule has 0 saturated carbocycles. The number of hydrogen-bond acceptors (Lipinski definition) is 3. The number of carbonyl (C=O) groups is 2. The number of anilines is 2. The average molecular weight is 179 g/mol. The maximum Gasteiger partial charge on any atom is 0.232 e. The monoisotopic (exact) mass is 179 g/mol. The van der Waals surface area contributed by atoms with E-state index in [-0.39, 0.29) is 0 Å². The molecule has 0 spiro atoms. The third kappa shape index (κ3) is 2.19. The smallest absolute Gasteiger partial charge is 0.232 e. The predicted molar refractivity (Wildman–Crippen MR) is 48.6 cm³/mol. The minimum Gasteiger partial charge on any atom is -0.399 e. The first-order chi connectivity index (χ1) is 6.27. The Morgan fingerprint density at radius 1 is 1.38 bits per heavy atom. The van der Waals surface area contributed by atoms with Crippen LogP contribution in [0.3, 0.4) is 0 Å². The van der Waals surface area contributed by atoms with E-state index in [1.807, 2.05) is 0 Å². The molecule has 5 heteroatoms. The predicted octanol–water partition coefficient (Wildman–Crippen LogP) is -0.107. The molecule has 0 aliphatic rings. The number of benzene rings is 1.